The molecule has 1 atom stereocenters. The molecule has 2 fully saturated rings. The van der Waals surface area contributed by atoms with Gasteiger partial charge in [-0.3, -0.25) is 0 Å². The second-order valence-electron chi connectivity index (χ2n) is 7.03. The van der Waals surface area contributed by atoms with E-state index in [9.17, 15) is 5.11 Å². The molecule has 2 N–H and O–H groups in total. The lowest BCUT2D eigenvalue weighted by Crippen LogP contribution is -2.39. The van der Waals surface area contributed by atoms with Crippen LogP contribution in [0.5, 0.6) is 0 Å². The van der Waals surface area contributed by atoms with Gasteiger partial charge < -0.3 is 10.4 Å². The van der Waals surface area contributed by atoms with E-state index in [2.05, 4.69) is 26.1 Å². The van der Waals surface area contributed by atoms with Gasteiger partial charge in [-0.2, -0.15) is 0 Å². The fourth-order valence-electron chi connectivity index (χ4n) is 2.68. The predicted octanol–water partition coefficient (Wildman–Crippen LogP) is 2.56. The highest BCUT2D eigenvalue weighted by Crippen LogP contribution is 2.44. The fraction of sp³-hybridized carbons (Fsp3) is 1.00. The summed E-state index contributed by atoms with van der Waals surface area (Å²) in [5.74, 6) is 1.85. The van der Waals surface area contributed by atoms with Gasteiger partial charge in [0.2, 0.25) is 0 Å². The van der Waals surface area contributed by atoms with Crippen molar-refractivity contribution in [2.75, 3.05) is 6.54 Å². The molecule has 2 rings (SSSR count). The highest BCUT2D eigenvalue weighted by Gasteiger charge is 2.41. The molecule has 0 spiro atoms. The fourth-order valence-corrected chi connectivity index (χ4v) is 2.68. The third kappa shape index (κ3) is 4.06. The van der Waals surface area contributed by atoms with Crippen molar-refractivity contribution >= 4 is 0 Å². The van der Waals surface area contributed by atoms with E-state index < -0.39 is 0 Å². The normalized spacial score (nSPS) is 23.8. The lowest BCUT2D eigenvalue weighted by molar-refractivity contribution is 0.114. The summed E-state index contributed by atoms with van der Waals surface area (Å²) in [5.41, 5.74) is 0.232. The highest BCUT2D eigenvalue weighted by molar-refractivity contribution is 4.96. The zero-order valence-corrected chi connectivity index (χ0v) is 11.0. The van der Waals surface area contributed by atoms with Gasteiger partial charge in [-0.1, -0.05) is 20.8 Å². The van der Waals surface area contributed by atoms with Gasteiger partial charge in [-0.15, -0.1) is 0 Å². The third-order valence-corrected chi connectivity index (χ3v) is 3.70. The molecule has 0 heterocycles. The van der Waals surface area contributed by atoms with E-state index in [0.29, 0.717) is 0 Å². The summed E-state index contributed by atoms with van der Waals surface area (Å²) in [5, 5.41) is 13.6. The molecule has 2 heteroatoms. The molecule has 94 valence electrons. The van der Waals surface area contributed by atoms with Crippen molar-refractivity contribution in [3.05, 3.63) is 0 Å². The largest absolute Gasteiger partial charge is 0.392 e. The molecule has 0 bridgehead atoms. The van der Waals surface area contributed by atoms with Gasteiger partial charge in [-0.05, 0) is 49.4 Å². The van der Waals surface area contributed by atoms with E-state index in [0.717, 1.165) is 30.8 Å². The molecule has 2 nitrogen and oxygen atoms in total. The topological polar surface area (TPSA) is 32.3 Å². The number of hydrogen-bond donors (Lipinski definition) is 2. The average molecular weight is 225 g/mol. The molecular weight excluding hydrogens is 198 g/mol. The average Bonchev–Trinajstić information content (AvgIpc) is 2.97. The number of hydrogen-bond acceptors (Lipinski definition) is 2. The second kappa shape index (κ2) is 4.66. The van der Waals surface area contributed by atoms with Crippen LogP contribution in [0.3, 0.4) is 0 Å². The van der Waals surface area contributed by atoms with Crippen LogP contribution >= 0.6 is 0 Å². The summed E-state index contributed by atoms with van der Waals surface area (Å²) in [6.45, 7) is 7.36. The van der Waals surface area contributed by atoms with E-state index in [1.807, 2.05) is 0 Å². The Hall–Kier alpha value is -0.0800. The SMILES string of the molecule is CC(C)(C)CC(O)CNC(C1CC1)C1CC1. The first-order valence-corrected chi connectivity index (χ1v) is 6.87. The molecule has 0 radical (unpaired) electrons. The quantitative estimate of drug-likeness (QED) is 0.728. The van der Waals surface area contributed by atoms with Crippen molar-refractivity contribution in [1.29, 1.82) is 0 Å². The highest BCUT2D eigenvalue weighted by atomic mass is 16.3. The summed E-state index contributed by atoms with van der Waals surface area (Å²) >= 11 is 0. The molecule has 0 aromatic carbocycles. The minimum Gasteiger partial charge on any atom is -0.392 e. The second-order valence-corrected chi connectivity index (χ2v) is 7.03. The first kappa shape index (κ1) is 12.4. The minimum absolute atomic E-state index is 0.181. The van der Waals surface area contributed by atoms with E-state index in [4.69, 9.17) is 0 Å². The van der Waals surface area contributed by atoms with Gasteiger partial charge in [0.25, 0.3) is 0 Å². The van der Waals surface area contributed by atoms with Gasteiger partial charge in [0.15, 0.2) is 0 Å². The molecule has 2 aliphatic carbocycles. The van der Waals surface area contributed by atoms with Gasteiger partial charge in [-0.25, -0.2) is 0 Å². The van der Waals surface area contributed by atoms with Gasteiger partial charge in [0.1, 0.15) is 0 Å². The van der Waals surface area contributed by atoms with Crippen molar-refractivity contribution in [3.63, 3.8) is 0 Å². The number of rotatable bonds is 6. The Morgan fingerprint density at radius 3 is 2.00 bits per heavy atom. The van der Waals surface area contributed by atoms with Crippen LogP contribution in [0.15, 0.2) is 0 Å². The molecule has 1 unspecified atom stereocenters. The standard InChI is InChI=1S/C14H27NO/c1-14(2,3)8-12(16)9-15-13(10-4-5-10)11-6-7-11/h10-13,15-16H,4-9H2,1-3H3. The predicted molar refractivity (Wildman–Crippen MR) is 67.3 cm³/mol. The molecule has 0 aromatic rings. The van der Waals surface area contributed by atoms with Crippen LogP contribution in [-0.4, -0.2) is 23.8 Å². The number of aliphatic hydroxyl groups excluding tert-OH is 1. The van der Waals surface area contributed by atoms with Crippen LogP contribution in [0.4, 0.5) is 0 Å². The Morgan fingerprint density at radius 1 is 1.12 bits per heavy atom. The third-order valence-electron chi connectivity index (χ3n) is 3.70. The molecule has 0 saturated heterocycles. The Labute approximate surface area is 99.8 Å². The lowest BCUT2D eigenvalue weighted by Gasteiger charge is -2.25. The number of nitrogens with one attached hydrogen (secondary N) is 1. The monoisotopic (exact) mass is 225 g/mol. The van der Waals surface area contributed by atoms with Gasteiger partial charge in [0.05, 0.1) is 6.10 Å². The molecule has 2 aliphatic rings. The van der Waals surface area contributed by atoms with Crippen LogP contribution in [-0.2, 0) is 0 Å². The number of aliphatic hydroxyl groups is 1. The summed E-state index contributed by atoms with van der Waals surface area (Å²) in [6, 6.07) is 0.717. The lowest BCUT2D eigenvalue weighted by atomic mass is 9.89. The Balaban J connectivity index is 1.68. The molecule has 2 saturated carbocycles. The van der Waals surface area contributed by atoms with Gasteiger partial charge in [0, 0.05) is 12.6 Å². The zero-order chi connectivity index (χ0) is 11.8. The maximum atomic E-state index is 9.98. The van der Waals surface area contributed by atoms with Crippen molar-refractivity contribution in [2.45, 2.75) is 65.0 Å². The summed E-state index contributed by atoms with van der Waals surface area (Å²) in [7, 11) is 0. The molecule has 0 aromatic heterocycles. The maximum absolute atomic E-state index is 9.98. The molecular formula is C14H27NO. The van der Waals surface area contributed by atoms with Crippen LogP contribution in [0.2, 0.25) is 0 Å². The van der Waals surface area contributed by atoms with Crippen LogP contribution in [0.25, 0.3) is 0 Å². The van der Waals surface area contributed by atoms with E-state index in [-0.39, 0.29) is 11.5 Å². The first-order chi connectivity index (χ1) is 7.46. The molecule has 16 heavy (non-hydrogen) atoms. The van der Waals surface area contributed by atoms with Crippen LogP contribution < -0.4 is 5.32 Å². The Kier molecular flexibility index (Phi) is 3.60. The zero-order valence-electron chi connectivity index (χ0n) is 11.0. The summed E-state index contributed by atoms with van der Waals surface area (Å²) in [6.07, 6.45) is 6.34. The van der Waals surface area contributed by atoms with E-state index in [1.54, 1.807) is 0 Å². The smallest absolute Gasteiger partial charge is 0.0669 e. The summed E-state index contributed by atoms with van der Waals surface area (Å²) in [4.78, 5) is 0. The minimum atomic E-state index is -0.181. The van der Waals surface area contributed by atoms with Crippen molar-refractivity contribution < 1.29 is 5.11 Å². The first-order valence-electron chi connectivity index (χ1n) is 6.87. The molecule has 0 aliphatic heterocycles. The Morgan fingerprint density at radius 2 is 1.62 bits per heavy atom. The summed E-state index contributed by atoms with van der Waals surface area (Å²) < 4.78 is 0. The van der Waals surface area contributed by atoms with E-state index in [1.165, 1.54) is 25.7 Å². The molecule has 0 amide bonds. The Bertz CT molecular complexity index is 213. The van der Waals surface area contributed by atoms with E-state index >= 15 is 0 Å². The van der Waals surface area contributed by atoms with Gasteiger partial charge >= 0.3 is 0 Å². The van der Waals surface area contributed by atoms with Crippen LogP contribution in [0.1, 0.15) is 52.9 Å². The van der Waals surface area contributed by atoms with Crippen LogP contribution in [0, 0.1) is 17.3 Å². The maximum Gasteiger partial charge on any atom is 0.0669 e. The van der Waals surface area contributed by atoms with Crippen molar-refractivity contribution in [3.8, 4) is 0 Å². The van der Waals surface area contributed by atoms with Crippen molar-refractivity contribution in [1.82, 2.24) is 5.32 Å². The van der Waals surface area contributed by atoms with Crippen molar-refractivity contribution in [2.24, 2.45) is 17.3 Å².